The molecule has 0 heterocycles. The largest absolute Gasteiger partial charge is 0.497 e. The molecule has 2 rings (SSSR count). The number of methoxy groups -OCH3 is 1. The molecule has 0 aliphatic rings. The Labute approximate surface area is 178 Å². The standard InChI is InChI=1S/C20H22N4O7/c1-21-17-8-7-14(24(28)29)10-16(17)20(27)31-12-19(26)23(2)11-18(25)22-13-5-4-6-15(9-13)30-3/h4-10,21H,11-12H2,1-3H3,(H,22,25). The first-order valence-corrected chi connectivity index (χ1v) is 9.06. The Balaban J connectivity index is 1.92. The SMILES string of the molecule is CNc1ccc([N+](=O)[O-])cc1C(=O)OCC(=O)N(C)CC(=O)Nc1cccc(OC)c1. The molecular weight excluding hydrogens is 408 g/mol. The van der Waals surface area contributed by atoms with Crippen molar-refractivity contribution in [3.05, 3.63) is 58.1 Å². The maximum absolute atomic E-state index is 12.3. The lowest BCUT2D eigenvalue weighted by atomic mass is 10.1. The Morgan fingerprint density at radius 1 is 1.16 bits per heavy atom. The third kappa shape index (κ3) is 6.42. The van der Waals surface area contributed by atoms with Gasteiger partial charge in [0.2, 0.25) is 5.91 Å². The number of non-ortho nitro benzene ring substituents is 1. The van der Waals surface area contributed by atoms with Gasteiger partial charge in [-0.25, -0.2) is 4.79 Å². The Hall–Kier alpha value is -4.15. The summed E-state index contributed by atoms with van der Waals surface area (Å²) in [5.41, 5.74) is 0.447. The van der Waals surface area contributed by atoms with Crippen LogP contribution in [0.1, 0.15) is 10.4 Å². The number of hydrogen-bond acceptors (Lipinski definition) is 8. The number of likely N-dealkylation sites (N-methyl/N-ethyl adjacent to an activating group) is 1. The molecule has 2 aromatic carbocycles. The van der Waals surface area contributed by atoms with E-state index in [1.54, 1.807) is 24.3 Å². The Morgan fingerprint density at radius 3 is 2.55 bits per heavy atom. The molecule has 0 saturated carbocycles. The third-order valence-electron chi connectivity index (χ3n) is 4.19. The molecule has 0 aromatic heterocycles. The zero-order valence-electron chi connectivity index (χ0n) is 17.2. The van der Waals surface area contributed by atoms with E-state index in [4.69, 9.17) is 9.47 Å². The fraction of sp³-hybridized carbons (Fsp3) is 0.250. The van der Waals surface area contributed by atoms with Crippen LogP contribution in [-0.2, 0) is 14.3 Å². The first kappa shape index (κ1) is 23.1. The Bertz CT molecular complexity index is 993. The summed E-state index contributed by atoms with van der Waals surface area (Å²) >= 11 is 0. The van der Waals surface area contributed by atoms with Crippen LogP contribution in [0, 0.1) is 10.1 Å². The molecule has 164 valence electrons. The van der Waals surface area contributed by atoms with Gasteiger partial charge in [0.05, 0.1) is 24.1 Å². The van der Waals surface area contributed by atoms with Crippen LogP contribution in [0.25, 0.3) is 0 Å². The average molecular weight is 430 g/mol. The lowest BCUT2D eigenvalue weighted by molar-refractivity contribution is -0.384. The minimum atomic E-state index is -0.907. The first-order chi connectivity index (χ1) is 14.7. The molecule has 0 aliphatic carbocycles. The summed E-state index contributed by atoms with van der Waals surface area (Å²) in [6, 6.07) is 10.4. The van der Waals surface area contributed by atoms with Crippen LogP contribution in [-0.4, -0.2) is 62.0 Å². The Kier molecular flexibility index (Phi) is 7.89. The number of rotatable bonds is 9. The second kappa shape index (κ2) is 10.6. The van der Waals surface area contributed by atoms with Crippen LogP contribution in [0.15, 0.2) is 42.5 Å². The van der Waals surface area contributed by atoms with E-state index in [1.165, 1.54) is 33.3 Å². The van der Waals surface area contributed by atoms with Gasteiger partial charge < -0.3 is 25.0 Å². The predicted octanol–water partition coefficient (Wildman–Crippen LogP) is 1.90. The molecule has 11 nitrogen and oxygen atoms in total. The van der Waals surface area contributed by atoms with Gasteiger partial charge in [-0.1, -0.05) is 6.07 Å². The number of anilines is 2. The van der Waals surface area contributed by atoms with E-state index in [-0.39, 0.29) is 17.8 Å². The molecule has 2 N–H and O–H groups in total. The minimum Gasteiger partial charge on any atom is -0.497 e. The van der Waals surface area contributed by atoms with Crippen molar-refractivity contribution in [1.82, 2.24) is 4.90 Å². The summed E-state index contributed by atoms with van der Waals surface area (Å²) in [6.07, 6.45) is 0. The number of benzene rings is 2. The molecule has 0 aliphatic heterocycles. The lowest BCUT2D eigenvalue weighted by Crippen LogP contribution is -2.37. The second-order valence-corrected chi connectivity index (χ2v) is 6.34. The normalized spacial score (nSPS) is 10.0. The highest BCUT2D eigenvalue weighted by molar-refractivity contribution is 5.98. The van der Waals surface area contributed by atoms with E-state index in [0.29, 0.717) is 17.1 Å². The van der Waals surface area contributed by atoms with E-state index in [1.807, 2.05) is 0 Å². The molecule has 0 fully saturated rings. The molecule has 0 bridgehead atoms. The molecule has 2 amide bonds. The maximum atomic E-state index is 12.3. The van der Waals surface area contributed by atoms with Gasteiger partial charge >= 0.3 is 5.97 Å². The number of hydrogen-bond donors (Lipinski definition) is 2. The number of carbonyl (C=O) groups excluding carboxylic acids is 3. The van der Waals surface area contributed by atoms with Crippen molar-refractivity contribution in [2.75, 3.05) is 45.0 Å². The highest BCUT2D eigenvalue weighted by Crippen LogP contribution is 2.22. The van der Waals surface area contributed by atoms with Gasteiger partial charge in [-0.3, -0.25) is 19.7 Å². The lowest BCUT2D eigenvalue weighted by Gasteiger charge is -2.17. The molecule has 11 heteroatoms. The van der Waals surface area contributed by atoms with Gasteiger partial charge in [-0.15, -0.1) is 0 Å². The third-order valence-corrected chi connectivity index (χ3v) is 4.19. The van der Waals surface area contributed by atoms with Crippen LogP contribution in [0.2, 0.25) is 0 Å². The van der Waals surface area contributed by atoms with Crippen molar-refractivity contribution >= 4 is 34.8 Å². The average Bonchev–Trinajstić information content (AvgIpc) is 2.76. The molecule has 0 spiro atoms. The van der Waals surface area contributed by atoms with Gasteiger partial charge in [0, 0.05) is 43.7 Å². The molecule has 0 unspecified atom stereocenters. The van der Waals surface area contributed by atoms with Crippen LogP contribution >= 0.6 is 0 Å². The van der Waals surface area contributed by atoms with Crippen LogP contribution in [0.4, 0.5) is 17.1 Å². The fourth-order valence-corrected chi connectivity index (χ4v) is 2.55. The van der Waals surface area contributed by atoms with E-state index in [9.17, 15) is 24.5 Å². The summed E-state index contributed by atoms with van der Waals surface area (Å²) in [5, 5.41) is 16.3. The van der Waals surface area contributed by atoms with Gasteiger partial charge in [0.1, 0.15) is 5.75 Å². The Morgan fingerprint density at radius 2 is 1.90 bits per heavy atom. The van der Waals surface area contributed by atoms with Gasteiger partial charge in [0.25, 0.3) is 11.6 Å². The van der Waals surface area contributed by atoms with Crippen molar-refractivity contribution < 1.29 is 28.8 Å². The topological polar surface area (TPSA) is 140 Å². The van der Waals surface area contributed by atoms with E-state index < -0.39 is 29.3 Å². The van der Waals surface area contributed by atoms with Gasteiger partial charge in [-0.2, -0.15) is 0 Å². The molecule has 0 saturated heterocycles. The number of esters is 1. The van der Waals surface area contributed by atoms with Gasteiger partial charge in [-0.05, 0) is 18.2 Å². The highest BCUT2D eigenvalue weighted by Gasteiger charge is 2.20. The summed E-state index contributed by atoms with van der Waals surface area (Å²) in [4.78, 5) is 48.0. The van der Waals surface area contributed by atoms with Crippen molar-refractivity contribution in [3.63, 3.8) is 0 Å². The summed E-state index contributed by atoms with van der Waals surface area (Å²) in [5.74, 6) is -1.41. The first-order valence-electron chi connectivity index (χ1n) is 9.06. The smallest absolute Gasteiger partial charge is 0.341 e. The van der Waals surface area contributed by atoms with Crippen LogP contribution in [0.5, 0.6) is 5.75 Å². The van der Waals surface area contributed by atoms with E-state index in [0.717, 1.165) is 11.0 Å². The zero-order valence-corrected chi connectivity index (χ0v) is 17.2. The van der Waals surface area contributed by atoms with E-state index >= 15 is 0 Å². The number of nitro benzene ring substituents is 1. The number of nitro groups is 1. The fourth-order valence-electron chi connectivity index (χ4n) is 2.55. The number of ether oxygens (including phenoxy) is 2. The van der Waals surface area contributed by atoms with Gasteiger partial charge in [0.15, 0.2) is 6.61 Å². The van der Waals surface area contributed by atoms with Crippen molar-refractivity contribution in [2.24, 2.45) is 0 Å². The second-order valence-electron chi connectivity index (χ2n) is 6.34. The molecule has 31 heavy (non-hydrogen) atoms. The molecule has 0 radical (unpaired) electrons. The summed E-state index contributed by atoms with van der Waals surface area (Å²) < 4.78 is 10.1. The molecule has 2 aromatic rings. The number of carbonyl (C=O) groups is 3. The zero-order chi connectivity index (χ0) is 23.0. The van der Waals surface area contributed by atoms with Crippen molar-refractivity contribution in [1.29, 1.82) is 0 Å². The molecule has 0 atom stereocenters. The van der Waals surface area contributed by atoms with E-state index in [2.05, 4.69) is 10.6 Å². The minimum absolute atomic E-state index is 0.0806. The summed E-state index contributed by atoms with van der Waals surface area (Å²) in [7, 11) is 4.42. The van der Waals surface area contributed by atoms with Crippen LogP contribution < -0.4 is 15.4 Å². The molecular formula is C20H22N4O7. The van der Waals surface area contributed by atoms with Crippen LogP contribution in [0.3, 0.4) is 0 Å². The summed E-state index contributed by atoms with van der Waals surface area (Å²) in [6.45, 7) is -0.903. The van der Waals surface area contributed by atoms with Crippen molar-refractivity contribution in [3.8, 4) is 5.75 Å². The predicted molar refractivity (Wildman–Crippen MR) is 112 cm³/mol. The number of nitrogens with zero attached hydrogens (tertiary/aromatic N) is 2. The van der Waals surface area contributed by atoms with Crippen molar-refractivity contribution in [2.45, 2.75) is 0 Å². The maximum Gasteiger partial charge on any atom is 0.341 e. The highest BCUT2D eigenvalue weighted by atomic mass is 16.6. The quantitative estimate of drug-likeness (QED) is 0.349. The number of nitrogens with one attached hydrogen (secondary N) is 2. The number of amides is 2. The monoisotopic (exact) mass is 430 g/mol.